The molecule has 35 heavy (non-hydrogen) atoms. The SMILES string of the molecule is N#CC1(CNc2cccc(-c3cc(NC4CCC(NCC(N)=O)CC4)ncc3Cl)n2)CCOCC1. The van der Waals surface area contributed by atoms with Gasteiger partial charge in [-0.2, -0.15) is 5.26 Å². The highest BCUT2D eigenvalue weighted by Crippen LogP contribution is 2.32. The fraction of sp³-hybridized carbons (Fsp3) is 0.520. The van der Waals surface area contributed by atoms with E-state index >= 15 is 0 Å². The monoisotopic (exact) mass is 497 g/mol. The van der Waals surface area contributed by atoms with Crippen LogP contribution in [0.15, 0.2) is 30.5 Å². The number of anilines is 2. The van der Waals surface area contributed by atoms with Crippen molar-refractivity contribution >= 4 is 29.1 Å². The summed E-state index contributed by atoms with van der Waals surface area (Å²) in [4.78, 5) is 20.2. The highest BCUT2D eigenvalue weighted by molar-refractivity contribution is 6.33. The summed E-state index contributed by atoms with van der Waals surface area (Å²) in [5.41, 5.74) is 6.33. The van der Waals surface area contributed by atoms with Crippen molar-refractivity contribution in [1.29, 1.82) is 5.26 Å². The average Bonchev–Trinajstić information content (AvgIpc) is 2.89. The molecule has 186 valence electrons. The molecule has 1 aliphatic heterocycles. The van der Waals surface area contributed by atoms with E-state index in [-0.39, 0.29) is 12.5 Å². The van der Waals surface area contributed by atoms with Crippen molar-refractivity contribution in [3.8, 4) is 17.3 Å². The number of nitrogens with one attached hydrogen (secondary N) is 3. The van der Waals surface area contributed by atoms with E-state index in [1.807, 2.05) is 24.3 Å². The minimum Gasteiger partial charge on any atom is -0.381 e. The molecule has 1 saturated heterocycles. The summed E-state index contributed by atoms with van der Waals surface area (Å²) in [6, 6.07) is 10.8. The van der Waals surface area contributed by atoms with Crippen molar-refractivity contribution in [3.05, 3.63) is 35.5 Å². The number of halogens is 1. The van der Waals surface area contributed by atoms with E-state index < -0.39 is 5.41 Å². The van der Waals surface area contributed by atoms with Gasteiger partial charge in [-0.1, -0.05) is 17.7 Å². The molecule has 0 atom stereocenters. The van der Waals surface area contributed by atoms with Gasteiger partial charge >= 0.3 is 0 Å². The molecule has 9 nitrogen and oxygen atoms in total. The van der Waals surface area contributed by atoms with E-state index in [9.17, 15) is 10.1 Å². The largest absolute Gasteiger partial charge is 0.381 e. The Morgan fingerprint density at radius 2 is 1.94 bits per heavy atom. The minimum absolute atomic E-state index is 0.220. The number of nitrogens with zero attached hydrogens (tertiary/aromatic N) is 3. The topological polar surface area (TPSA) is 138 Å². The van der Waals surface area contributed by atoms with Crippen molar-refractivity contribution in [1.82, 2.24) is 15.3 Å². The third-order valence-corrected chi connectivity index (χ3v) is 7.12. The average molecular weight is 498 g/mol. The third-order valence-electron chi connectivity index (χ3n) is 6.82. The second-order valence-electron chi connectivity index (χ2n) is 9.36. The maximum absolute atomic E-state index is 11.0. The van der Waals surface area contributed by atoms with Gasteiger partial charge in [0.05, 0.1) is 28.7 Å². The molecule has 2 aromatic heterocycles. The van der Waals surface area contributed by atoms with Crippen molar-refractivity contribution in [2.45, 2.75) is 50.6 Å². The van der Waals surface area contributed by atoms with E-state index in [0.717, 1.165) is 42.8 Å². The first-order valence-electron chi connectivity index (χ1n) is 12.1. The molecule has 0 aromatic carbocycles. The second kappa shape index (κ2) is 11.7. The molecule has 5 N–H and O–H groups in total. The van der Waals surface area contributed by atoms with E-state index in [0.29, 0.717) is 55.5 Å². The highest BCUT2D eigenvalue weighted by Gasteiger charge is 2.32. The van der Waals surface area contributed by atoms with Gasteiger partial charge in [0.15, 0.2) is 0 Å². The predicted molar refractivity (Wildman–Crippen MR) is 136 cm³/mol. The van der Waals surface area contributed by atoms with Crippen LogP contribution < -0.4 is 21.7 Å². The fourth-order valence-corrected chi connectivity index (χ4v) is 4.84. The Balaban J connectivity index is 1.39. The number of pyridine rings is 2. The van der Waals surface area contributed by atoms with Crippen molar-refractivity contribution in [2.75, 3.05) is 36.9 Å². The van der Waals surface area contributed by atoms with E-state index in [1.54, 1.807) is 6.20 Å². The van der Waals surface area contributed by atoms with Crippen LogP contribution in [0.2, 0.25) is 5.02 Å². The van der Waals surface area contributed by atoms with Gasteiger partial charge in [-0.05, 0) is 56.7 Å². The Hall–Kier alpha value is -2.93. The molecular formula is C25H32ClN7O2. The normalized spacial score (nSPS) is 21.6. The zero-order valence-electron chi connectivity index (χ0n) is 19.7. The maximum Gasteiger partial charge on any atom is 0.231 e. The van der Waals surface area contributed by atoms with Gasteiger partial charge in [0.1, 0.15) is 11.6 Å². The molecule has 1 aliphatic carbocycles. The zero-order valence-corrected chi connectivity index (χ0v) is 20.5. The van der Waals surface area contributed by atoms with Gasteiger partial charge in [-0.15, -0.1) is 0 Å². The van der Waals surface area contributed by atoms with Crippen LogP contribution in [0.1, 0.15) is 38.5 Å². The molecule has 0 spiro atoms. The Labute approximate surface area is 210 Å². The number of hydrogen-bond donors (Lipinski definition) is 4. The number of carbonyl (C=O) groups excluding carboxylic acids is 1. The van der Waals surface area contributed by atoms with Crippen LogP contribution >= 0.6 is 11.6 Å². The van der Waals surface area contributed by atoms with Gasteiger partial charge in [-0.3, -0.25) is 4.79 Å². The highest BCUT2D eigenvalue weighted by atomic mass is 35.5. The molecule has 4 rings (SSSR count). The van der Waals surface area contributed by atoms with Gasteiger partial charge in [-0.25, -0.2) is 9.97 Å². The van der Waals surface area contributed by atoms with Gasteiger partial charge in [0, 0.05) is 43.6 Å². The lowest BCUT2D eigenvalue weighted by Gasteiger charge is -2.30. The number of amides is 1. The Kier molecular flexibility index (Phi) is 8.39. The zero-order chi connectivity index (χ0) is 24.7. The summed E-state index contributed by atoms with van der Waals surface area (Å²) in [7, 11) is 0. The van der Waals surface area contributed by atoms with Crippen LogP contribution in [-0.2, 0) is 9.53 Å². The molecule has 3 heterocycles. The second-order valence-corrected chi connectivity index (χ2v) is 9.76. The van der Waals surface area contributed by atoms with Crippen LogP contribution in [0.5, 0.6) is 0 Å². The Bertz CT molecular complexity index is 1060. The maximum atomic E-state index is 11.0. The minimum atomic E-state index is -0.435. The van der Waals surface area contributed by atoms with Crippen LogP contribution in [-0.4, -0.2) is 54.3 Å². The Morgan fingerprint density at radius 3 is 2.66 bits per heavy atom. The van der Waals surface area contributed by atoms with Gasteiger partial charge in [0.25, 0.3) is 0 Å². The summed E-state index contributed by atoms with van der Waals surface area (Å²) < 4.78 is 5.42. The summed E-state index contributed by atoms with van der Waals surface area (Å²) in [6.45, 7) is 1.96. The Morgan fingerprint density at radius 1 is 1.20 bits per heavy atom. The summed E-state index contributed by atoms with van der Waals surface area (Å²) in [5, 5.41) is 20.3. The number of aromatic nitrogens is 2. The number of carbonyl (C=O) groups is 1. The molecule has 0 bridgehead atoms. The molecule has 2 aliphatic rings. The standard InChI is InChI=1S/C25H32ClN7O2/c26-20-13-30-24(32-18-6-4-17(5-7-18)29-14-22(28)34)12-19(20)21-2-1-3-23(33-21)31-16-25(15-27)8-10-35-11-9-25/h1-3,12-13,17-18,29H,4-11,14,16H2,(H2,28,34)(H,30,32)(H,31,33). The van der Waals surface area contributed by atoms with Gasteiger partial charge in [0.2, 0.25) is 5.91 Å². The number of hydrogen-bond acceptors (Lipinski definition) is 8. The first-order valence-corrected chi connectivity index (χ1v) is 12.5. The number of primary amides is 1. The number of rotatable bonds is 9. The lowest BCUT2D eigenvalue weighted by Crippen LogP contribution is -2.40. The third kappa shape index (κ3) is 6.82. The molecule has 0 unspecified atom stereocenters. The first kappa shape index (κ1) is 25.2. The van der Waals surface area contributed by atoms with Crippen molar-refractivity contribution in [2.24, 2.45) is 11.1 Å². The lowest BCUT2D eigenvalue weighted by atomic mass is 9.82. The smallest absolute Gasteiger partial charge is 0.231 e. The van der Waals surface area contributed by atoms with E-state index in [4.69, 9.17) is 27.1 Å². The molecule has 2 fully saturated rings. The summed E-state index contributed by atoms with van der Waals surface area (Å²) in [5.74, 6) is 1.13. The summed E-state index contributed by atoms with van der Waals surface area (Å²) in [6.07, 6.45) is 6.95. The molecule has 0 radical (unpaired) electrons. The van der Waals surface area contributed by atoms with E-state index in [2.05, 4.69) is 27.0 Å². The number of nitriles is 1. The van der Waals surface area contributed by atoms with Crippen molar-refractivity contribution in [3.63, 3.8) is 0 Å². The predicted octanol–water partition coefficient (Wildman–Crippen LogP) is 3.33. The number of ether oxygens (including phenoxy) is 1. The van der Waals surface area contributed by atoms with Crippen LogP contribution in [0.3, 0.4) is 0 Å². The first-order chi connectivity index (χ1) is 17.0. The fourth-order valence-electron chi connectivity index (χ4n) is 4.64. The molecule has 2 aromatic rings. The molecule has 10 heteroatoms. The molecule has 1 saturated carbocycles. The van der Waals surface area contributed by atoms with Gasteiger partial charge < -0.3 is 26.4 Å². The van der Waals surface area contributed by atoms with Crippen LogP contribution in [0, 0.1) is 16.7 Å². The molecular weight excluding hydrogens is 466 g/mol. The quantitative estimate of drug-likeness (QED) is 0.414. The number of nitrogens with two attached hydrogens (primary N) is 1. The molecule has 1 amide bonds. The van der Waals surface area contributed by atoms with Crippen molar-refractivity contribution < 1.29 is 9.53 Å². The van der Waals surface area contributed by atoms with Crippen LogP contribution in [0.25, 0.3) is 11.3 Å². The summed E-state index contributed by atoms with van der Waals surface area (Å²) >= 11 is 6.50. The lowest BCUT2D eigenvalue weighted by molar-refractivity contribution is -0.117. The van der Waals surface area contributed by atoms with E-state index in [1.165, 1.54) is 0 Å². The van der Waals surface area contributed by atoms with Crippen LogP contribution in [0.4, 0.5) is 11.6 Å².